The third kappa shape index (κ3) is 1.49. The Balaban J connectivity index is 2.80. The standard InChI is InChI=1S/C10H10ClNS2/c1-13-8-4-6(5-11)9(12)10-7(8)2-3-14-10/h2-4H,5,12H2,1H3. The van der Waals surface area contributed by atoms with Gasteiger partial charge < -0.3 is 5.73 Å². The fourth-order valence-electron chi connectivity index (χ4n) is 1.45. The van der Waals surface area contributed by atoms with Crippen molar-refractivity contribution in [2.75, 3.05) is 12.0 Å². The minimum atomic E-state index is 0.479. The average Bonchev–Trinajstić information content (AvgIpc) is 2.68. The van der Waals surface area contributed by atoms with Gasteiger partial charge >= 0.3 is 0 Å². The molecule has 2 aromatic rings. The molecule has 2 rings (SSSR count). The molecular weight excluding hydrogens is 234 g/mol. The van der Waals surface area contributed by atoms with Gasteiger partial charge in [0.2, 0.25) is 0 Å². The average molecular weight is 244 g/mol. The van der Waals surface area contributed by atoms with Crippen LogP contribution in [0.3, 0.4) is 0 Å². The number of alkyl halides is 1. The lowest BCUT2D eigenvalue weighted by atomic mass is 10.1. The zero-order valence-corrected chi connectivity index (χ0v) is 10.1. The van der Waals surface area contributed by atoms with E-state index in [1.807, 2.05) is 0 Å². The summed E-state index contributed by atoms with van der Waals surface area (Å²) in [4.78, 5) is 1.26. The largest absolute Gasteiger partial charge is 0.397 e. The highest BCUT2D eigenvalue weighted by Gasteiger charge is 2.09. The Morgan fingerprint density at radius 3 is 3.00 bits per heavy atom. The maximum atomic E-state index is 6.01. The van der Waals surface area contributed by atoms with Crippen LogP contribution in [0.25, 0.3) is 10.1 Å². The van der Waals surface area contributed by atoms with E-state index >= 15 is 0 Å². The van der Waals surface area contributed by atoms with Crippen molar-refractivity contribution in [1.29, 1.82) is 0 Å². The number of anilines is 1. The minimum Gasteiger partial charge on any atom is -0.397 e. The number of nitrogens with two attached hydrogens (primary N) is 1. The summed E-state index contributed by atoms with van der Waals surface area (Å²) in [6.45, 7) is 0. The number of halogens is 1. The molecule has 0 atom stereocenters. The predicted octanol–water partition coefficient (Wildman–Crippen LogP) is 3.94. The van der Waals surface area contributed by atoms with E-state index in [9.17, 15) is 0 Å². The molecule has 0 amide bonds. The number of thioether (sulfide) groups is 1. The van der Waals surface area contributed by atoms with Crippen molar-refractivity contribution in [1.82, 2.24) is 0 Å². The van der Waals surface area contributed by atoms with Crippen LogP contribution in [0.4, 0.5) is 5.69 Å². The van der Waals surface area contributed by atoms with Crippen molar-refractivity contribution < 1.29 is 0 Å². The van der Waals surface area contributed by atoms with E-state index in [0.29, 0.717) is 5.88 Å². The maximum Gasteiger partial charge on any atom is 0.0586 e. The first-order chi connectivity index (χ1) is 6.77. The van der Waals surface area contributed by atoms with Crippen LogP contribution in [0.5, 0.6) is 0 Å². The van der Waals surface area contributed by atoms with E-state index in [2.05, 4.69) is 23.8 Å². The second-order valence-electron chi connectivity index (χ2n) is 2.95. The molecule has 4 heteroatoms. The molecule has 1 heterocycles. The number of rotatable bonds is 2. The summed E-state index contributed by atoms with van der Waals surface area (Å²) in [6.07, 6.45) is 2.07. The Morgan fingerprint density at radius 2 is 2.36 bits per heavy atom. The van der Waals surface area contributed by atoms with Gasteiger partial charge in [0.1, 0.15) is 0 Å². The number of hydrogen-bond donors (Lipinski definition) is 1. The molecular formula is C10H10ClNS2. The van der Waals surface area contributed by atoms with Crippen LogP contribution in [0.1, 0.15) is 5.56 Å². The third-order valence-corrected chi connectivity index (χ3v) is 4.20. The molecule has 14 heavy (non-hydrogen) atoms. The summed E-state index contributed by atoms with van der Waals surface area (Å²) < 4.78 is 1.16. The van der Waals surface area contributed by atoms with Crippen molar-refractivity contribution in [3.63, 3.8) is 0 Å². The van der Waals surface area contributed by atoms with Gasteiger partial charge in [-0.3, -0.25) is 0 Å². The molecule has 1 aromatic heterocycles. The first kappa shape index (κ1) is 10.1. The lowest BCUT2D eigenvalue weighted by Gasteiger charge is -2.07. The quantitative estimate of drug-likeness (QED) is 0.491. The molecule has 0 radical (unpaired) electrons. The summed E-state index contributed by atoms with van der Waals surface area (Å²) in [6, 6.07) is 4.20. The molecule has 0 fully saturated rings. The van der Waals surface area contributed by atoms with Gasteiger partial charge in [0, 0.05) is 16.2 Å². The fourth-order valence-corrected chi connectivity index (χ4v) is 3.29. The van der Waals surface area contributed by atoms with Gasteiger partial charge in [-0.15, -0.1) is 34.7 Å². The van der Waals surface area contributed by atoms with Gasteiger partial charge in [0.15, 0.2) is 0 Å². The van der Waals surface area contributed by atoms with Crippen molar-refractivity contribution >= 4 is 50.5 Å². The highest BCUT2D eigenvalue weighted by molar-refractivity contribution is 7.98. The van der Waals surface area contributed by atoms with E-state index in [1.165, 1.54) is 10.3 Å². The Hall–Kier alpha value is -0.380. The molecule has 0 spiro atoms. The van der Waals surface area contributed by atoms with Gasteiger partial charge in [-0.2, -0.15) is 0 Å². The Kier molecular flexibility index (Phi) is 2.91. The van der Waals surface area contributed by atoms with Crippen LogP contribution in [-0.2, 0) is 5.88 Å². The topological polar surface area (TPSA) is 26.0 Å². The summed E-state index contributed by atoms with van der Waals surface area (Å²) in [5.74, 6) is 0.479. The van der Waals surface area contributed by atoms with Crippen LogP contribution < -0.4 is 5.73 Å². The molecule has 1 nitrogen and oxygen atoms in total. The zero-order chi connectivity index (χ0) is 10.1. The number of hydrogen-bond acceptors (Lipinski definition) is 3. The van der Waals surface area contributed by atoms with Crippen LogP contribution in [-0.4, -0.2) is 6.26 Å². The smallest absolute Gasteiger partial charge is 0.0586 e. The highest BCUT2D eigenvalue weighted by atomic mass is 35.5. The molecule has 1 aromatic carbocycles. The Morgan fingerprint density at radius 1 is 1.57 bits per heavy atom. The minimum absolute atomic E-state index is 0.479. The number of benzene rings is 1. The van der Waals surface area contributed by atoms with E-state index in [1.54, 1.807) is 23.1 Å². The summed E-state index contributed by atoms with van der Waals surface area (Å²) >= 11 is 9.25. The third-order valence-electron chi connectivity index (χ3n) is 2.19. The fraction of sp³-hybridized carbons (Fsp3) is 0.200. The van der Waals surface area contributed by atoms with Crippen LogP contribution >= 0.6 is 34.7 Å². The predicted molar refractivity (Wildman–Crippen MR) is 67.6 cm³/mol. The van der Waals surface area contributed by atoms with Crippen LogP contribution in [0, 0.1) is 0 Å². The van der Waals surface area contributed by atoms with E-state index < -0.39 is 0 Å². The van der Waals surface area contributed by atoms with Crippen LogP contribution in [0.15, 0.2) is 22.4 Å². The molecule has 0 aliphatic carbocycles. The highest BCUT2D eigenvalue weighted by Crippen LogP contribution is 2.37. The van der Waals surface area contributed by atoms with E-state index in [4.69, 9.17) is 17.3 Å². The monoisotopic (exact) mass is 243 g/mol. The molecule has 0 aliphatic rings. The molecule has 2 N–H and O–H groups in total. The molecule has 74 valence electrons. The van der Waals surface area contributed by atoms with Crippen molar-refractivity contribution in [2.24, 2.45) is 0 Å². The zero-order valence-electron chi connectivity index (χ0n) is 7.71. The van der Waals surface area contributed by atoms with Gasteiger partial charge in [-0.05, 0) is 29.3 Å². The van der Waals surface area contributed by atoms with Gasteiger partial charge in [0.05, 0.1) is 10.4 Å². The Labute approximate surface area is 96.2 Å². The summed E-state index contributed by atoms with van der Waals surface area (Å²) in [7, 11) is 0. The normalized spacial score (nSPS) is 11.0. The summed E-state index contributed by atoms with van der Waals surface area (Å²) in [5.41, 5.74) is 7.88. The SMILES string of the molecule is CSc1cc(CCl)c(N)c2sccc12. The maximum absolute atomic E-state index is 6.01. The summed E-state index contributed by atoms with van der Waals surface area (Å²) in [5, 5.41) is 3.31. The molecule has 0 bridgehead atoms. The van der Waals surface area contributed by atoms with E-state index in [-0.39, 0.29) is 0 Å². The van der Waals surface area contributed by atoms with E-state index in [0.717, 1.165) is 16.0 Å². The molecule has 0 saturated carbocycles. The second-order valence-corrected chi connectivity index (χ2v) is 4.98. The number of fused-ring (bicyclic) bond motifs is 1. The molecule has 0 aliphatic heterocycles. The van der Waals surface area contributed by atoms with Gasteiger partial charge in [-0.1, -0.05) is 0 Å². The lowest BCUT2D eigenvalue weighted by molar-refractivity contribution is 1.38. The Bertz CT molecular complexity index is 464. The van der Waals surface area contributed by atoms with Crippen LogP contribution in [0.2, 0.25) is 0 Å². The first-order valence-electron chi connectivity index (χ1n) is 4.16. The van der Waals surface area contributed by atoms with Crippen molar-refractivity contribution in [3.05, 3.63) is 23.1 Å². The number of nitrogen functional groups attached to an aromatic ring is 1. The molecule has 0 unspecified atom stereocenters. The van der Waals surface area contributed by atoms with Gasteiger partial charge in [0.25, 0.3) is 0 Å². The number of thiophene rings is 1. The lowest BCUT2D eigenvalue weighted by Crippen LogP contribution is -1.92. The first-order valence-corrected chi connectivity index (χ1v) is 6.80. The molecule has 0 saturated heterocycles. The van der Waals surface area contributed by atoms with Gasteiger partial charge in [-0.25, -0.2) is 0 Å². The van der Waals surface area contributed by atoms with Crippen molar-refractivity contribution in [3.8, 4) is 0 Å². The van der Waals surface area contributed by atoms with Crippen molar-refractivity contribution in [2.45, 2.75) is 10.8 Å². The second kappa shape index (κ2) is 4.01.